The Morgan fingerprint density at radius 1 is 1.06 bits per heavy atom. The van der Waals surface area contributed by atoms with Crippen LogP contribution in [0.5, 0.6) is 11.5 Å². The van der Waals surface area contributed by atoms with Crippen molar-refractivity contribution >= 4 is 35.8 Å². The predicted octanol–water partition coefficient (Wildman–Crippen LogP) is 2.42. The van der Waals surface area contributed by atoms with Gasteiger partial charge in [-0.15, -0.1) is 24.0 Å². The number of benzene rings is 1. The Labute approximate surface area is 209 Å². The molecular formula is C23H38IN5O3. The minimum Gasteiger partial charge on any atom is -0.497 e. The predicted molar refractivity (Wildman–Crippen MR) is 138 cm³/mol. The third-order valence-electron chi connectivity index (χ3n) is 6.16. The van der Waals surface area contributed by atoms with Gasteiger partial charge in [-0.05, 0) is 38.8 Å². The average Bonchev–Trinajstić information content (AvgIpc) is 3.36. The smallest absolute Gasteiger partial charge is 0.239 e. The van der Waals surface area contributed by atoms with Crippen molar-refractivity contribution in [3.8, 4) is 11.5 Å². The fourth-order valence-corrected chi connectivity index (χ4v) is 4.25. The standard InChI is InChI=1S/C23H37N5O3.HI/c1-5-24-23(25-17-19-8-9-20(30-3)16-21(19)31-4)28-14-12-26(13-15-28)18(2)22(29)27-10-6-7-11-27;/h8-9,16,18H,5-7,10-15,17H2,1-4H3,(H,24,25);1H. The van der Waals surface area contributed by atoms with Gasteiger partial charge in [0.25, 0.3) is 0 Å². The van der Waals surface area contributed by atoms with E-state index in [1.807, 2.05) is 30.0 Å². The van der Waals surface area contributed by atoms with Crippen LogP contribution >= 0.6 is 24.0 Å². The summed E-state index contributed by atoms with van der Waals surface area (Å²) in [4.78, 5) is 24.2. The highest BCUT2D eigenvalue weighted by atomic mass is 127. The van der Waals surface area contributed by atoms with Crippen LogP contribution in [0, 0.1) is 0 Å². The van der Waals surface area contributed by atoms with Crippen LogP contribution in [0.25, 0.3) is 0 Å². The third kappa shape index (κ3) is 6.63. The molecular weight excluding hydrogens is 521 g/mol. The van der Waals surface area contributed by atoms with Crippen LogP contribution in [0.15, 0.2) is 23.2 Å². The zero-order valence-corrected chi connectivity index (χ0v) is 22.1. The van der Waals surface area contributed by atoms with Gasteiger partial charge in [-0.3, -0.25) is 9.69 Å². The topological polar surface area (TPSA) is 69.6 Å². The summed E-state index contributed by atoms with van der Waals surface area (Å²) in [5.41, 5.74) is 1.02. The van der Waals surface area contributed by atoms with E-state index in [4.69, 9.17) is 14.5 Å². The summed E-state index contributed by atoms with van der Waals surface area (Å²) in [6.07, 6.45) is 2.27. The third-order valence-corrected chi connectivity index (χ3v) is 6.16. The molecule has 1 aromatic rings. The quantitative estimate of drug-likeness (QED) is 0.315. The first-order valence-corrected chi connectivity index (χ1v) is 11.3. The molecule has 0 aromatic heterocycles. The van der Waals surface area contributed by atoms with Crippen molar-refractivity contribution in [2.75, 3.05) is 60.0 Å². The number of likely N-dealkylation sites (tertiary alicyclic amines) is 1. The molecule has 8 nitrogen and oxygen atoms in total. The lowest BCUT2D eigenvalue weighted by atomic mass is 10.2. The lowest BCUT2D eigenvalue weighted by Gasteiger charge is -2.39. The van der Waals surface area contributed by atoms with E-state index in [0.717, 1.165) is 81.7 Å². The largest absolute Gasteiger partial charge is 0.497 e. The van der Waals surface area contributed by atoms with Crippen LogP contribution in [0.2, 0.25) is 0 Å². The first-order valence-electron chi connectivity index (χ1n) is 11.3. The van der Waals surface area contributed by atoms with Crippen molar-refractivity contribution in [2.45, 2.75) is 39.3 Å². The van der Waals surface area contributed by atoms with Gasteiger partial charge in [-0.2, -0.15) is 0 Å². The van der Waals surface area contributed by atoms with Crippen LogP contribution in [-0.2, 0) is 11.3 Å². The van der Waals surface area contributed by atoms with E-state index in [1.54, 1.807) is 14.2 Å². The molecule has 1 amide bonds. The molecule has 2 fully saturated rings. The first kappa shape index (κ1) is 26.5. The summed E-state index contributed by atoms with van der Waals surface area (Å²) in [6, 6.07) is 5.75. The zero-order valence-electron chi connectivity index (χ0n) is 19.8. The van der Waals surface area contributed by atoms with Gasteiger partial charge in [0.15, 0.2) is 5.96 Å². The van der Waals surface area contributed by atoms with Crippen LogP contribution in [0.4, 0.5) is 0 Å². The van der Waals surface area contributed by atoms with E-state index in [9.17, 15) is 4.79 Å². The highest BCUT2D eigenvalue weighted by Gasteiger charge is 2.30. The number of nitrogens with one attached hydrogen (secondary N) is 1. The number of amides is 1. The number of methoxy groups -OCH3 is 2. The summed E-state index contributed by atoms with van der Waals surface area (Å²) in [6.45, 7) is 10.7. The van der Waals surface area contributed by atoms with E-state index in [-0.39, 0.29) is 35.9 Å². The SMILES string of the molecule is CCNC(=NCc1ccc(OC)cc1OC)N1CCN(C(C)C(=O)N2CCCC2)CC1.I. The maximum absolute atomic E-state index is 12.7. The Bertz CT molecular complexity index is 762. The van der Waals surface area contributed by atoms with Crippen molar-refractivity contribution in [2.24, 2.45) is 4.99 Å². The average molecular weight is 559 g/mol. The minimum absolute atomic E-state index is 0. The number of ether oxygens (including phenoxy) is 2. The van der Waals surface area contributed by atoms with Gasteiger partial charge in [0.05, 0.1) is 26.8 Å². The monoisotopic (exact) mass is 559 g/mol. The molecule has 3 rings (SSSR count). The second kappa shape index (κ2) is 13.1. The molecule has 1 N–H and O–H groups in total. The summed E-state index contributed by atoms with van der Waals surface area (Å²) in [5, 5.41) is 3.41. The summed E-state index contributed by atoms with van der Waals surface area (Å²) < 4.78 is 10.8. The van der Waals surface area contributed by atoms with Crippen LogP contribution in [0.3, 0.4) is 0 Å². The number of aliphatic imine (C=N–C) groups is 1. The van der Waals surface area contributed by atoms with E-state index in [2.05, 4.69) is 22.0 Å². The Morgan fingerprint density at radius 3 is 2.34 bits per heavy atom. The zero-order chi connectivity index (χ0) is 22.2. The molecule has 2 heterocycles. The van der Waals surface area contributed by atoms with Crippen LogP contribution in [-0.4, -0.2) is 92.6 Å². The molecule has 180 valence electrons. The fraction of sp³-hybridized carbons (Fsp3) is 0.652. The molecule has 1 atom stereocenters. The highest BCUT2D eigenvalue weighted by Crippen LogP contribution is 2.25. The Morgan fingerprint density at radius 2 is 1.75 bits per heavy atom. The number of hydrogen-bond donors (Lipinski definition) is 1. The van der Waals surface area contributed by atoms with Gasteiger partial charge in [0.1, 0.15) is 11.5 Å². The van der Waals surface area contributed by atoms with Crippen molar-refractivity contribution in [1.29, 1.82) is 0 Å². The number of piperazine rings is 1. The molecule has 2 saturated heterocycles. The van der Waals surface area contributed by atoms with E-state index in [0.29, 0.717) is 6.54 Å². The van der Waals surface area contributed by atoms with E-state index < -0.39 is 0 Å². The Hall–Kier alpha value is -1.75. The lowest BCUT2D eigenvalue weighted by molar-refractivity contribution is -0.135. The number of halogens is 1. The molecule has 9 heteroatoms. The molecule has 0 saturated carbocycles. The van der Waals surface area contributed by atoms with Gasteiger partial charge in [-0.25, -0.2) is 4.99 Å². The normalized spacial score (nSPS) is 18.2. The lowest BCUT2D eigenvalue weighted by Crippen LogP contribution is -2.57. The van der Waals surface area contributed by atoms with Crippen LogP contribution in [0.1, 0.15) is 32.3 Å². The molecule has 2 aliphatic heterocycles. The summed E-state index contributed by atoms with van der Waals surface area (Å²) >= 11 is 0. The molecule has 0 spiro atoms. The molecule has 0 radical (unpaired) electrons. The van der Waals surface area contributed by atoms with E-state index in [1.165, 1.54) is 0 Å². The second-order valence-corrected chi connectivity index (χ2v) is 8.08. The van der Waals surface area contributed by atoms with Gasteiger partial charge < -0.3 is 24.6 Å². The minimum atomic E-state index is -0.0525. The number of guanidine groups is 1. The van der Waals surface area contributed by atoms with Crippen molar-refractivity contribution in [1.82, 2.24) is 20.0 Å². The maximum atomic E-state index is 12.7. The first-order chi connectivity index (χ1) is 15.1. The molecule has 2 aliphatic rings. The number of nitrogens with zero attached hydrogens (tertiary/aromatic N) is 4. The molecule has 32 heavy (non-hydrogen) atoms. The van der Waals surface area contributed by atoms with Gasteiger partial charge in [0, 0.05) is 57.4 Å². The second-order valence-electron chi connectivity index (χ2n) is 8.08. The number of rotatable bonds is 7. The fourth-order valence-electron chi connectivity index (χ4n) is 4.25. The van der Waals surface area contributed by atoms with Crippen molar-refractivity contribution in [3.05, 3.63) is 23.8 Å². The van der Waals surface area contributed by atoms with Crippen molar-refractivity contribution < 1.29 is 14.3 Å². The van der Waals surface area contributed by atoms with Gasteiger partial charge in [-0.1, -0.05) is 0 Å². The molecule has 1 aromatic carbocycles. The van der Waals surface area contributed by atoms with Gasteiger partial charge in [0.2, 0.25) is 5.91 Å². The summed E-state index contributed by atoms with van der Waals surface area (Å²) in [7, 11) is 3.31. The summed E-state index contributed by atoms with van der Waals surface area (Å²) in [5.74, 6) is 2.72. The molecule has 0 bridgehead atoms. The number of carbonyl (C=O) groups is 1. The Kier molecular flexibility index (Phi) is 10.8. The van der Waals surface area contributed by atoms with Crippen LogP contribution < -0.4 is 14.8 Å². The maximum Gasteiger partial charge on any atom is 0.239 e. The number of hydrogen-bond acceptors (Lipinski definition) is 5. The molecule has 0 aliphatic carbocycles. The van der Waals surface area contributed by atoms with Gasteiger partial charge >= 0.3 is 0 Å². The Balaban J connectivity index is 0.00000363. The van der Waals surface area contributed by atoms with E-state index >= 15 is 0 Å². The number of carbonyl (C=O) groups excluding carboxylic acids is 1. The molecule has 1 unspecified atom stereocenters. The van der Waals surface area contributed by atoms with Crippen molar-refractivity contribution in [3.63, 3.8) is 0 Å². The highest BCUT2D eigenvalue weighted by molar-refractivity contribution is 14.0.